The molecule has 0 unspecified atom stereocenters. The lowest BCUT2D eigenvalue weighted by atomic mass is 9.85. The highest BCUT2D eigenvalue weighted by Crippen LogP contribution is 2.42. The fourth-order valence-electron chi connectivity index (χ4n) is 4.05. The van der Waals surface area contributed by atoms with Crippen molar-refractivity contribution in [1.29, 1.82) is 0 Å². The van der Waals surface area contributed by atoms with E-state index < -0.39 is 11.5 Å². The van der Waals surface area contributed by atoms with Gasteiger partial charge in [0.15, 0.2) is 5.60 Å². The van der Waals surface area contributed by atoms with Crippen LogP contribution in [0.1, 0.15) is 24.0 Å². The number of carbonyl (C=O) groups is 1. The third-order valence-corrected chi connectivity index (χ3v) is 5.47. The molecule has 4 rings (SSSR count). The monoisotopic (exact) mass is 346 g/mol. The highest BCUT2D eigenvalue weighted by Gasteiger charge is 2.40. The van der Waals surface area contributed by atoms with Gasteiger partial charge in [0.25, 0.3) is 5.91 Å². The molecule has 0 aromatic heterocycles. The van der Waals surface area contributed by atoms with E-state index in [4.69, 9.17) is 0 Å². The van der Waals surface area contributed by atoms with Gasteiger partial charge in [0, 0.05) is 12.1 Å². The van der Waals surface area contributed by atoms with Gasteiger partial charge in [-0.25, -0.2) is 5.43 Å². The molecule has 0 saturated heterocycles. The van der Waals surface area contributed by atoms with E-state index in [1.807, 2.05) is 18.3 Å². The highest BCUT2D eigenvalue weighted by atomic mass is 16.3. The first kappa shape index (κ1) is 16.7. The van der Waals surface area contributed by atoms with Gasteiger partial charge in [-0.1, -0.05) is 72.8 Å². The first-order valence-electron chi connectivity index (χ1n) is 9.03. The molecule has 0 radical (unpaired) electrons. The Kier molecular flexibility index (Phi) is 4.43. The predicted octanol–water partition coefficient (Wildman–Crippen LogP) is 3.24. The molecule has 2 aromatic rings. The van der Waals surface area contributed by atoms with Crippen molar-refractivity contribution < 1.29 is 9.90 Å². The highest BCUT2D eigenvalue weighted by molar-refractivity contribution is 5.90. The lowest BCUT2D eigenvalue weighted by Gasteiger charge is -2.27. The Morgan fingerprint density at radius 1 is 1.00 bits per heavy atom. The van der Waals surface area contributed by atoms with Gasteiger partial charge in [-0.15, -0.1) is 0 Å². The molecule has 0 heterocycles. The van der Waals surface area contributed by atoms with Crippen molar-refractivity contribution >= 4 is 12.1 Å². The number of nitrogens with one attached hydrogen (secondary N) is 1. The Bertz CT molecular complexity index is 790. The smallest absolute Gasteiger partial charge is 0.281 e. The molecule has 2 bridgehead atoms. The lowest BCUT2D eigenvalue weighted by Crippen LogP contribution is -2.43. The van der Waals surface area contributed by atoms with E-state index in [2.05, 4.69) is 22.7 Å². The molecule has 3 atom stereocenters. The fourth-order valence-corrected chi connectivity index (χ4v) is 4.05. The number of hydrazone groups is 1. The van der Waals surface area contributed by atoms with Crippen molar-refractivity contribution in [3.8, 4) is 0 Å². The van der Waals surface area contributed by atoms with Crippen molar-refractivity contribution in [2.75, 3.05) is 0 Å². The second-order valence-corrected chi connectivity index (χ2v) is 7.11. The second-order valence-electron chi connectivity index (χ2n) is 7.11. The summed E-state index contributed by atoms with van der Waals surface area (Å²) in [4.78, 5) is 12.9. The molecule has 2 N–H and O–H groups in total. The number of hydrogen-bond acceptors (Lipinski definition) is 3. The normalized spacial score (nSPS) is 24.3. The molecular formula is C22H22N2O2. The van der Waals surface area contributed by atoms with E-state index in [-0.39, 0.29) is 0 Å². The number of hydrogen-bond donors (Lipinski definition) is 2. The Hall–Kier alpha value is -2.72. The number of allylic oxidation sites excluding steroid dienone is 2. The molecule has 1 fully saturated rings. The van der Waals surface area contributed by atoms with Gasteiger partial charge in [0.1, 0.15) is 0 Å². The topological polar surface area (TPSA) is 61.7 Å². The number of amides is 1. The van der Waals surface area contributed by atoms with Crippen molar-refractivity contribution in [2.45, 2.75) is 18.4 Å². The van der Waals surface area contributed by atoms with Gasteiger partial charge >= 0.3 is 0 Å². The standard InChI is InChI=1S/C22H22N2O2/c25-21(24-23-15-18-14-16-11-12-17(18)13-16)22(26,19-7-3-1-4-8-19)20-9-5-2-6-10-20/h1-12,15-18,26H,13-14H2,(H,24,25)/b23-15-/t16-,17+,18+/m0/s1. The Labute approximate surface area is 153 Å². The number of nitrogens with zero attached hydrogens (tertiary/aromatic N) is 1. The van der Waals surface area contributed by atoms with Gasteiger partial charge in [0.2, 0.25) is 0 Å². The van der Waals surface area contributed by atoms with Crippen molar-refractivity contribution in [3.05, 3.63) is 83.9 Å². The minimum absolute atomic E-state index is 0.367. The summed E-state index contributed by atoms with van der Waals surface area (Å²) in [5.41, 5.74) is 1.81. The summed E-state index contributed by atoms with van der Waals surface area (Å²) < 4.78 is 0. The Balaban J connectivity index is 1.56. The van der Waals surface area contributed by atoms with Gasteiger partial charge in [-0.2, -0.15) is 5.10 Å². The molecule has 26 heavy (non-hydrogen) atoms. The molecule has 1 saturated carbocycles. The van der Waals surface area contributed by atoms with Crippen LogP contribution < -0.4 is 5.43 Å². The van der Waals surface area contributed by atoms with Crippen LogP contribution in [0.15, 0.2) is 77.9 Å². The van der Waals surface area contributed by atoms with Crippen molar-refractivity contribution in [3.63, 3.8) is 0 Å². The SMILES string of the molecule is O=C(N/N=C\[C@H]1C[C@H]2C=C[C@@H]1C2)C(O)(c1ccccc1)c1ccccc1. The van der Waals surface area contributed by atoms with Crippen LogP contribution in [-0.2, 0) is 10.4 Å². The van der Waals surface area contributed by atoms with Crippen LogP contribution in [0, 0.1) is 17.8 Å². The third kappa shape index (κ3) is 2.97. The number of rotatable bonds is 5. The maximum Gasteiger partial charge on any atom is 0.281 e. The molecule has 132 valence electrons. The first-order chi connectivity index (χ1) is 12.7. The lowest BCUT2D eigenvalue weighted by molar-refractivity contribution is -0.136. The van der Waals surface area contributed by atoms with Crippen LogP contribution in [0.4, 0.5) is 0 Å². The van der Waals surface area contributed by atoms with E-state index >= 15 is 0 Å². The van der Waals surface area contributed by atoms with Crippen molar-refractivity contribution in [1.82, 2.24) is 5.43 Å². The van der Waals surface area contributed by atoms with Crippen molar-refractivity contribution in [2.24, 2.45) is 22.9 Å². The van der Waals surface area contributed by atoms with E-state index in [9.17, 15) is 9.90 Å². The van der Waals surface area contributed by atoms with Gasteiger partial charge in [-0.3, -0.25) is 4.79 Å². The molecule has 1 amide bonds. The maximum absolute atomic E-state index is 12.9. The number of benzene rings is 2. The third-order valence-electron chi connectivity index (χ3n) is 5.47. The van der Waals surface area contributed by atoms with Crippen LogP contribution in [0.25, 0.3) is 0 Å². The number of carbonyl (C=O) groups excluding carboxylic acids is 1. The first-order valence-corrected chi connectivity index (χ1v) is 9.03. The summed E-state index contributed by atoms with van der Waals surface area (Å²) in [6.45, 7) is 0. The summed E-state index contributed by atoms with van der Waals surface area (Å²) in [5.74, 6) is 0.997. The van der Waals surface area contributed by atoms with Gasteiger partial charge < -0.3 is 5.11 Å². The molecule has 2 aromatic carbocycles. The summed E-state index contributed by atoms with van der Waals surface area (Å²) in [6, 6.07) is 17.9. The minimum atomic E-state index is -1.78. The summed E-state index contributed by atoms with van der Waals surface area (Å²) in [7, 11) is 0. The predicted molar refractivity (Wildman–Crippen MR) is 101 cm³/mol. The number of aliphatic hydroxyl groups is 1. The van der Waals surface area contributed by atoms with Crippen LogP contribution in [0.2, 0.25) is 0 Å². The van der Waals surface area contributed by atoms with Crippen LogP contribution in [0.3, 0.4) is 0 Å². The molecule has 2 aliphatic rings. The second kappa shape index (κ2) is 6.89. The van der Waals surface area contributed by atoms with Gasteiger partial charge in [-0.05, 0) is 35.8 Å². The average Bonchev–Trinajstić information content (AvgIpc) is 3.32. The number of fused-ring (bicyclic) bond motifs is 2. The minimum Gasteiger partial charge on any atom is -0.372 e. The largest absolute Gasteiger partial charge is 0.372 e. The van der Waals surface area contributed by atoms with Crippen LogP contribution >= 0.6 is 0 Å². The summed E-state index contributed by atoms with van der Waals surface area (Å²) in [6.07, 6.45) is 8.61. The zero-order valence-electron chi connectivity index (χ0n) is 14.5. The molecule has 4 heteroatoms. The molecule has 2 aliphatic carbocycles. The molecular weight excluding hydrogens is 324 g/mol. The quantitative estimate of drug-likeness (QED) is 0.496. The van der Waals surface area contributed by atoms with Crippen LogP contribution in [0.5, 0.6) is 0 Å². The average molecular weight is 346 g/mol. The van der Waals surface area contributed by atoms with E-state index in [0.29, 0.717) is 28.9 Å². The molecule has 0 aliphatic heterocycles. The molecule has 4 nitrogen and oxygen atoms in total. The summed E-state index contributed by atoms with van der Waals surface area (Å²) in [5, 5.41) is 15.5. The van der Waals surface area contributed by atoms with Gasteiger partial charge in [0.05, 0.1) is 0 Å². The zero-order chi connectivity index (χ0) is 18.0. The Morgan fingerprint density at radius 3 is 2.12 bits per heavy atom. The zero-order valence-corrected chi connectivity index (χ0v) is 14.5. The van der Waals surface area contributed by atoms with E-state index in [1.165, 1.54) is 6.42 Å². The maximum atomic E-state index is 12.9. The fraction of sp³-hybridized carbons (Fsp3) is 0.273. The van der Waals surface area contributed by atoms with Crippen LogP contribution in [-0.4, -0.2) is 17.2 Å². The summed E-state index contributed by atoms with van der Waals surface area (Å²) >= 11 is 0. The van der Waals surface area contributed by atoms with E-state index in [0.717, 1.165) is 6.42 Å². The molecule has 0 spiro atoms. The Morgan fingerprint density at radius 2 is 1.62 bits per heavy atom. The van der Waals surface area contributed by atoms with E-state index in [1.54, 1.807) is 48.5 Å².